The van der Waals surface area contributed by atoms with Gasteiger partial charge in [0.2, 0.25) is 0 Å². The lowest BCUT2D eigenvalue weighted by molar-refractivity contribution is -0.333. The topological polar surface area (TPSA) is 43.4 Å². The zero-order valence-electron chi connectivity index (χ0n) is 26.6. The van der Waals surface area contributed by atoms with E-state index in [0.717, 1.165) is 16.7 Å². The highest BCUT2D eigenvalue weighted by Gasteiger charge is 2.80. The van der Waals surface area contributed by atoms with E-state index in [1.54, 1.807) is 36.4 Å². The minimum absolute atomic E-state index is 0.00258. The minimum atomic E-state index is -6.98. The zero-order valence-corrected chi connectivity index (χ0v) is 28.2. The summed E-state index contributed by atoms with van der Waals surface area (Å²) in [5.74, 6) is -6.95. The van der Waals surface area contributed by atoms with Crippen LogP contribution in [-0.2, 0) is 30.0 Å². The van der Waals surface area contributed by atoms with Crippen LogP contribution in [0.4, 0.5) is 30.7 Å². The molecule has 45 heavy (non-hydrogen) atoms. The van der Waals surface area contributed by atoms with E-state index in [-0.39, 0.29) is 14.7 Å². The molecule has 250 valence electrons. The van der Waals surface area contributed by atoms with Gasteiger partial charge in [-0.1, -0.05) is 98.7 Å². The highest BCUT2D eigenvalue weighted by molar-refractivity contribution is 8.33. The second kappa shape index (κ2) is 11.6. The molecule has 0 amide bonds. The highest BCUT2D eigenvalue weighted by Crippen LogP contribution is 2.71. The molecule has 0 aliphatic heterocycles. The van der Waals surface area contributed by atoms with Crippen molar-refractivity contribution in [2.75, 3.05) is 0 Å². The van der Waals surface area contributed by atoms with E-state index in [1.807, 2.05) is 62.3 Å². The first-order valence-corrected chi connectivity index (χ1v) is 17.0. The van der Waals surface area contributed by atoms with Gasteiger partial charge in [-0.3, -0.25) is 0 Å². The Kier molecular flexibility index (Phi) is 9.50. The Hall–Kier alpha value is -2.57. The van der Waals surface area contributed by atoms with Gasteiger partial charge in [0.05, 0.1) is 0 Å². The summed E-state index contributed by atoms with van der Waals surface area (Å²) in [6, 6.07) is 18.3. The number of halogens is 7. The van der Waals surface area contributed by atoms with Crippen molar-refractivity contribution in [3.8, 4) is 0 Å². The maximum absolute atomic E-state index is 15.0. The standard InChI is InChI=1S/C33H39F7O3S2/c1-28(2,3)22-10-16-25(17-11-22)44(26-18-12-23(13-19-26)29(4,5)6,27-20-14-24(15-21-27)30(7,8)9)43-45(41,42)33(39,40)31(34,35)32(36,37)38/h10-21H,1-9H3. The van der Waals surface area contributed by atoms with Crippen LogP contribution in [0.15, 0.2) is 87.5 Å². The van der Waals surface area contributed by atoms with Gasteiger partial charge in [-0.15, -0.1) is 0 Å². The molecule has 0 aliphatic rings. The van der Waals surface area contributed by atoms with E-state index in [2.05, 4.69) is 0 Å². The molecule has 0 fully saturated rings. The Balaban J connectivity index is 2.49. The van der Waals surface area contributed by atoms with Crippen molar-refractivity contribution >= 4 is 20.4 Å². The predicted molar refractivity (Wildman–Crippen MR) is 164 cm³/mol. The van der Waals surface area contributed by atoms with Gasteiger partial charge in [0, 0.05) is 14.7 Å². The fourth-order valence-corrected chi connectivity index (χ4v) is 9.63. The second-order valence-corrected chi connectivity index (χ2v) is 18.5. The van der Waals surface area contributed by atoms with Crippen molar-refractivity contribution in [1.82, 2.24) is 0 Å². The number of alkyl halides is 7. The molecular weight excluding hydrogens is 641 g/mol. The van der Waals surface area contributed by atoms with Gasteiger partial charge in [0.25, 0.3) is 0 Å². The van der Waals surface area contributed by atoms with Crippen LogP contribution in [0.1, 0.15) is 79.0 Å². The van der Waals surface area contributed by atoms with Gasteiger partial charge in [0.1, 0.15) is 0 Å². The Morgan fingerprint density at radius 2 is 0.711 bits per heavy atom. The molecule has 0 radical (unpaired) electrons. The summed E-state index contributed by atoms with van der Waals surface area (Å²) in [7, 11) is -10.9. The lowest BCUT2D eigenvalue weighted by atomic mass is 9.87. The summed E-state index contributed by atoms with van der Waals surface area (Å²) < 4.78 is 130. The molecule has 0 spiro atoms. The normalized spacial score (nSPS) is 14.8. The minimum Gasteiger partial charge on any atom is -0.202 e. The van der Waals surface area contributed by atoms with E-state index >= 15 is 8.78 Å². The molecule has 0 saturated heterocycles. The van der Waals surface area contributed by atoms with Crippen LogP contribution in [-0.4, -0.2) is 25.8 Å². The van der Waals surface area contributed by atoms with Gasteiger partial charge in [-0.25, -0.2) is 3.63 Å². The molecular formula is C33H39F7O3S2. The van der Waals surface area contributed by atoms with Crippen LogP contribution in [0.25, 0.3) is 0 Å². The predicted octanol–water partition coefficient (Wildman–Crippen LogP) is 10.9. The molecule has 0 heterocycles. The van der Waals surface area contributed by atoms with Crippen LogP contribution >= 0.6 is 10.3 Å². The van der Waals surface area contributed by atoms with Crippen molar-refractivity contribution < 1.29 is 42.8 Å². The van der Waals surface area contributed by atoms with Crippen LogP contribution in [0.3, 0.4) is 0 Å². The van der Waals surface area contributed by atoms with Crippen LogP contribution in [0, 0.1) is 0 Å². The summed E-state index contributed by atoms with van der Waals surface area (Å²) in [5, 5.41) is -6.67. The molecule has 3 nitrogen and oxygen atoms in total. The summed E-state index contributed by atoms with van der Waals surface area (Å²) in [6.07, 6.45) is -6.89. The molecule has 3 aromatic rings. The lowest BCUT2D eigenvalue weighted by Crippen LogP contribution is -2.56. The van der Waals surface area contributed by atoms with E-state index in [0.29, 0.717) is 0 Å². The molecule has 0 aliphatic carbocycles. The Labute approximate surface area is 262 Å². The van der Waals surface area contributed by atoms with Crippen LogP contribution in [0.5, 0.6) is 0 Å². The summed E-state index contributed by atoms with van der Waals surface area (Å²) in [5.41, 5.74) is 1.11. The van der Waals surface area contributed by atoms with E-state index in [9.17, 15) is 30.4 Å². The first kappa shape index (κ1) is 36.9. The van der Waals surface area contributed by atoms with Crippen molar-refractivity contribution in [2.45, 2.75) is 111 Å². The third kappa shape index (κ3) is 6.93. The molecule has 0 saturated carbocycles. The lowest BCUT2D eigenvalue weighted by Gasteiger charge is -2.41. The van der Waals surface area contributed by atoms with Crippen molar-refractivity contribution in [1.29, 1.82) is 0 Å². The fraction of sp³-hybridized carbons (Fsp3) is 0.455. The maximum atomic E-state index is 15.0. The van der Waals surface area contributed by atoms with Gasteiger partial charge >= 0.3 is 27.5 Å². The van der Waals surface area contributed by atoms with E-state index in [1.165, 1.54) is 36.4 Å². The molecule has 3 aromatic carbocycles. The summed E-state index contributed by atoms with van der Waals surface area (Å²) in [6.45, 7) is 17.1. The fourth-order valence-electron chi connectivity index (χ4n) is 4.46. The number of rotatable bonds is 7. The molecule has 12 heteroatoms. The van der Waals surface area contributed by atoms with Crippen LogP contribution < -0.4 is 0 Å². The highest BCUT2D eigenvalue weighted by atomic mass is 32.3. The van der Waals surface area contributed by atoms with Gasteiger partial charge in [0.15, 0.2) is 0 Å². The SMILES string of the molecule is CC(C)(C)c1ccc(S(OS(=O)(=O)C(F)(F)C(F)(F)C(F)(F)F)(c2ccc(C(C)(C)C)cc2)c2ccc(C(C)(C)C)cc2)cc1. The number of hydrogen-bond acceptors (Lipinski definition) is 3. The maximum Gasteiger partial charge on any atom is 0.461 e. The molecule has 3 rings (SSSR count). The third-order valence-electron chi connectivity index (χ3n) is 7.38. The monoisotopic (exact) mass is 680 g/mol. The summed E-state index contributed by atoms with van der Waals surface area (Å²) >= 11 is 0. The van der Waals surface area contributed by atoms with Gasteiger partial charge in [-0.05, 0) is 79.6 Å². The van der Waals surface area contributed by atoms with Gasteiger partial charge < -0.3 is 0 Å². The quantitative estimate of drug-likeness (QED) is 0.233. The molecule has 0 unspecified atom stereocenters. The van der Waals surface area contributed by atoms with Crippen molar-refractivity contribution in [3.63, 3.8) is 0 Å². The van der Waals surface area contributed by atoms with E-state index < -0.39 is 54.0 Å². The van der Waals surface area contributed by atoms with Crippen LogP contribution in [0.2, 0.25) is 0 Å². The average Bonchev–Trinajstić information content (AvgIpc) is 2.89. The first-order chi connectivity index (χ1) is 20.1. The third-order valence-corrected chi connectivity index (χ3v) is 12.6. The zero-order chi connectivity index (χ0) is 34.7. The molecule has 0 atom stereocenters. The first-order valence-electron chi connectivity index (χ1n) is 14.0. The number of benzene rings is 3. The Morgan fingerprint density at radius 3 is 0.911 bits per heavy atom. The van der Waals surface area contributed by atoms with Crippen molar-refractivity contribution in [2.24, 2.45) is 0 Å². The van der Waals surface area contributed by atoms with E-state index in [4.69, 9.17) is 3.63 Å². The smallest absolute Gasteiger partial charge is 0.202 e. The Bertz CT molecular complexity index is 1450. The molecule has 0 N–H and O–H groups in total. The largest absolute Gasteiger partial charge is 0.461 e. The average molecular weight is 681 g/mol. The van der Waals surface area contributed by atoms with Gasteiger partial charge in [-0.2, -0.15) is 39.2 Å². The second-order valence-electron chi connectivity index (χ2n) is 14.0. The number of hydrogen-bond donors (Lipinski definition) is 0. The summed E-state index contributed by atoms with van der Waals surface area (Å²) in [4.78, 5) is -0.00773. The van der Waals surface area contributed by atoms with Crippen molar-refractivity contribution in [3.05, 3.63) is 89.5 Å². The Morgan fingerprint density at radius 1 is 0.467 bits per heavy atom. The molecule has 0 bridgehead atoms. The molecule has 0 aromatic heterocycles.